The van der Waals surface area contributed by atoms with Crippen LogP contribution in [0.25, 0.3) is 33.2 Å². The number of carbonyl (C=O) groups excluding carboxylic acids is 1. The lowest BCUT2D eigenvalue weighted by molar-refractivity contribution is -0.0494. The van der Waals surface area contributed by atoms with Gasteiger partial charge in [0.05, 0.1) is 0 Å². The molecule has 0 aliphatic carbocycles. The summed E-state index contributed by atoms with van der Waals surface area (Å²) < 4.78 is 46.6. The van der Waals surface area contributed by atoms with Gasteiger partial charge in [-0.1, -0.05) is 31.2 Å². The molecule has 3 nitrogen and oxygen atoms in total. The number of hydrogen-bond acceptors (Lipinski definition) is 2. The van der Waals surface area contributed by atoms with Crippen LogP contribution in [0.4, 0.5) is 13.2 Å². The van der Waals surface area contributed by atoms with Gasteiger partial charge in [0.2, 0.25) is 0 Å². The van der Waals surface area contributed by atoms with Crippen LogP contribution in [0.3, 0.4) is 0 Å². The fourth-order valence-electron chi connectivity index (χ4n) is 4.61. The highest BCUT2D eigenvalue weighted by atomic mass is 19.3. The Bertz CT molecular complexity index is 1350. The average Bonchev–Trinajstić information content (AvgIpc) is 3.26. The summed E-state index contributed by atoms with van der Waals surface area (Å²) in [5.74, 6) is -2.32. The van der Waals surface area contributed by atoms with Crippen molar-refractivity contribution < 1.29 is 22.4 Å². The van der Waals surface area contributed by atoms with Crippen molar-refractivity contribution in [3.8, 4) is 22.3 Å². The first-order valence-electron chi connectivity index (χ1n) is 11.9. The molecule has 1 aliphatic rings. The van der Waals surface area contributed by atoms with E-state index >= 15 is 0 Å². The molecule has 0 spiro atoms. The third kappa shape index (κ3) is 4.83. The molecule has 0 saturated carbocycles. The number of carbonyl (C=O) groups is 1. The van der Waals surface area contributed by atoms with Gasteiger partial charge < -0.3 is 9.32 Å². The van der Waals surface area contributed by atoms with E-state index in [2.05, 4.69) is 13.0 Å². The molecule has 0 unspecified atom stereocenters. The van der Waals surface area contributed by atoms with Crippen molar-refractivity contribution in [2.45, 2.75) is 38.5 Å². The molecule has 4 aromatic rings. The van der Waals surface area contributed by atoms with Crippen molar-refractivity contribution in [3.63, 3.8) is 0 Å². The van der Waals surface area contributed by atoms with E-state index in [4.69, 9.17) is 4.42 Å². The first kappa shape index (κ1) is 23.2. The van der Waals surface area contributed by atoms with Gasteiger partial charge in [-0.25, -0.2) is 13.2 Å². The minimum Gasteiger partial charge on any atom is -0.460 e. The second kappa shape index (κ2) is 9.25. The Morgan fingerprint density at radius 3 is 2.23 bits per heavy atom. The van der Waals surface area contributed by atoms with Crippen molar-refractivity contribution >= 4 is 16.9 Å². The maximum Gasteiger partial charge on any atom is 0.253 e. The van der Waals surface area contributed by atoms with E-state index in [0.717, 1.165) is 51.8 Å². The number of aryl methyl sites for hydroxylation is 1. The predicted octanol–water partition coefficient (Wildman–Crippen LogP) is 7.73. The number of rotatable bonds is 5. The standard InChI is InChI=1S/C29H26F3NO2/c1-2-3-25-17-23-16-22(18-26(27(23)35-25)20-8-10-24(30)11-9-20)19-4-6-21(7-5-19)28(34)33-14-12-29(31,32)13-15-33/h4-11,16-18H,2-3,12-15H2,1H3. The van der Waals surface area contributed by atoms with E-state index in [1.807, 2.05) is 24.3 Å². The predicted molar refractivity (Wildman–Crippen MR) is 131 cm³/mol. The van der Waals surface area contributed by atoms with Gasteiger partial charge in [0.15, 0.2) is 0 Å². The van der Waals surface area contributed by atoms with Gasteiger partial charge in [-0.05, 0) is 65.6 Å². The Hall–Kier alpha value is -3.54. The third-order valence-electron chi connectivity index (χ3n) is 6.57. The molecule has 2 heterocycles. The monoisotopic (exact) mass is 477 g/mol. The molecule has 0 bridgehead atoms. The summed E-state index contributed by atoms with van der Waals surface area (Å²) in [5, 5.41) is 0.958. The number of likely N-dealkylation sites (tertiary alicyclic amines) is 1. The second-order valence-electron chi connectivity index (χ2n) is 9.14. The van der Waals surface area contributed by atoms with Crippen LogP contribution < -0.4 is 0 Å². The van der Waals surface area contributed by atoms with Crippen molar-refractivity contribution in [1.82, 2.24) is 4.90 Å². The molecule has 6 heteroatoms. The van der Waals surface area contributed by atoms with Crippen LogP contribution in [0.15, 0.2) is 71.1 Å². The Balaban J connectivity index is 1.48. The average molecular weight is 478 g/mol. The van der Waals surface area contributed by atoms with Crippen molar-refractivity contribution in [3.05, 3.63) is 83.9 Å². The first-order chi connectivity index (χ1) is 16.8. The summed E-state index contributed by atoms with van der Waals surface area (Å²) in [5.41, 5.74) is 4.82. The maximum absolute atomic E-state index is 13.5. The molecule has 1 fully saturated rings. The molecule has 0 N–H and O–H groups in total. The quantitative estimate of drug-likeness (QED) is 0.295. The lowest BCUT2D eigenvalue weighted by Crippen LogP contribution is -2.42. The fourth-order valence-corrected chi connectivity index (χ4v) is 4.61. The normalized spacial score (nSPS) is 15.5. The molecular formula is C29H26F3NO2. The highest BCUT2D eigenvalue weighted by molar-refractivity contribution is 5.98. The molecule has 3 aromatic carbocycles. The number of hydrogen-bond donors (Lipinski definition) is 0. The number of amides is 1. The Labute approximate surface area is 202 Å². The van der Waals surface area contributed by atoms with Crippen molar-refractivity contribution in [2.24, 2.45) is 0 Å². The van der Waals surface area contributed by atoms with Crippen molar-refractivity contribution in [1.29, 1.82) is 0 Å². The molecule has 1 saturated heterocycles. The second-order valence-corrected chi connectivity index (χ2v) is 9.14. The van der Waals surface area contributed by atoms with Gasteiger partial charge >= 0.3 is 0 Å². The minimum absolute atomic E-state index is 0.0614. The lowest BCUT2D eigenvalue weighted by atomic mass is 9.96. The van der Waals surface area contributed by atoms with Crippen LogP contribution in [0, 0.1) is 5.82 Å². The van der Waals surface area contributed by atoms with E-state index in [0.29, 0.717) is 5.56 Å². The summed E-state index contributed by atoms with van der Waals surface area (Å²) in [6.45, 7) is 2.22. The van der Waals surface area contributed by atoms with E-state index in [1.165, 1.54) is 17.0 Å². The van der Waals surface area contributed by atoms with E-state index in [-0.39, 0.29) is 37.7 Å². The summed E-state index contributed by atoms with van der Waals surface area (Å²) in [6.07, 6.45) is 1.19. The number of alkyl halides is 2. The maximum atomic E-state index is 13.5. The molecule has 35 heavy (non-hydrogen) atoms. The summed E-state index contributed by atoms with van der Waals surface area (Å²) >= 11 is 0. The van der Waals surface area contributed by atoms with Crippen LogP contribution in [0.2, 0.25) is 0 Å². The highest BCUT2D eigenvalue weighted by Gasteiger charge is 2.35. The van der Waals surface area contributed by atoms with Gasteiger partial charge in [0.25, 0.3) is 11.8 Å². The summed E-state index contributed by atoms with van der Waals surface area (Å²) in [7, 11) is 0. The van der Waals surface area contributed by atoms with E-state index in [9.17, 15) is 18.0 Å². The number of benzene rings is 3. The number of halogens is 3. The summed E-state index contributed by atoms with van der Waals surface area (Å²) in [4.78, 5) is 14.3. The smallest absolute Gasteiger partial charge is 0.253 e. The zero-order valence-electron chi connectivity index (χ0n) is 19.5. The molecule has 0 atom stereocenters. The topological polar surface area (TPSA) is 33.5 Å². The molecule has 1 amide bonds. The largest absolute Gasteiger partial charge is 0.460 e. The van der Waals surface area contributed by atoms with Gasteiger partial charge in [-0.2, -0.15) is 0 Å². The zero-order valence-corrected chi connectivity index (χ0v) is 19.5. The number of furan rings is 1. The Morgan fingerprint density at radius 1 is 0.914 bits per heavy atom. The van der Waals surface area contributed by atoms with Crippen LogP contribution in [-0.4, -0.2) is 29.8 Å². The molecular weight excluding hydrogens is 451 g/mol. The first-order valence-corrected chi connectivity index (χ1v) is 11.9. The molecule has 180 valence electrons. The molecule has 5 rings (SSSR count). The van der Waals surface area contributed by atoms with Gasteiger partial charge in [0.1, 0.15) is 17.2 Å². The Kier molecular flexibility index (Phi) is 6.13. The molecule has 1 aromatic heterocycles. The SMILES string of the molecule is CCCc1cc2cc(-c3ccc(C(=O)N4CCC(F)(F)CC4)cc3)cc(-c3ccc(F)cc3)c2o1. The summed E-state index contributed by atoms with van der Waals surface area (Å²) in [6, 6.07) is 19.7. The Morgan fingerprint density at radius 2 is 1.57 bits per heavy atom. The van der Waals surface area contributed by atoms with Crippen LogP contribution in [0.5, 0.6) is 0 Å². The third-order valence-corrected chi connectivity index (χ3v) is 6.57. The van der Waals surface area contributed by atoms with Crippen LogP contribution in [0.1, 0.15) is 42.3 Å². The highest BCUT2D eigenvalue weighted by Crippen LogP contribution is 2.36. The van der Waals surface area contributed by atoms with Crippen LogP contribution in [-0.2, 0) is 6.42 Å². The van der Waals surface area contributed by atoms with Gasteiger partial charge in [0, 0.05) is 48.9 Å². The molecule has 0 radical (unpaired) electrons. The van der Waals surface area contributed by atoms with E-state index in [1.54, 1.807) is 24.3 Å². The molecule has 1 aliphatic heterocycles. The van der Waals surface area contributed by atoms with E-state index < -0.39 is 5.92 Å². The van der Waals surface area contributed by atoms with Crippen LogP contribution >= 0.6 is 0 Å². The minimum atomic E-state index is -2.69. The number of fused-ring (bicyclic) bond motifs is 1. The fraction of sp³-hybridized carbons (Fsp3) is 0.276. The lowest BCUT2D eigenvalue weighted by Gasteiger charge is -2.31. The number of nitrogens with zero attached hydrogens (tertiary/aromatic N) is 1. The van der Waals surface area contributed by atoms with Gasteiger partial charge in [-0.15, -0.1) is 0 Å². The van der Waals surface area contributed by atoms with Gasteiger partial charge in [-0.3, -0.25) is 4.79 Å². The zero-order chi connectivity index (χ0) is 24.6. The van der Waals surface area contributed by atoms with Crippen molar-refractivity contribution in [2.75, 3.05) is 13.1 Å². The number of piperidine rings is 1.